The van der Waals surface area contributed by atoms with Crippen molar-refractivity contribution >= 4 is 22.9 Å². The predicted molar refractivity (Wildman–Crippen MR) is 160 cm³/mol. The highest BCUT2D eigenvalue weighted by Gasteiger charge is 2.39. The van der Waals surface area contributed by atoms with Gasteiger partial charge in [0.2, 0.25) is 6.79 Å². The van der Waals surface area contributed by atoms with E-state index in [0.29, 0.717) is 6.04 Å². The quantitative estimate of drug-likeness (QED) is 0.371. The number of hydrogen-bond donors (Lipinski definition) is 0. The van der Waals surface area contributed by atoms with Crippen LogP contribution in [-0.2, 0) is 6.54 Å². The molecular weight excluding hydrogens is 520 g/mol. The topological polar surface area (TPSA) is 58.1 Å². The van der Waals surface area contributed by atoms with Gasteiger partial charge in [-0.05, 0) is 76.6 Å². The molecule has 0 aliphatic carbocycles. The number of anilines is 1. The fourth-order valence-corrected chi connectivity index (χ4v) is 7.29. The Balaban J connectivity index is 1.11. The van der Waals surface area contributed by atoms with E-state index in [0.717, 1.165) is 103 Å². The first-order valence-electron chi connectivity index (χ1n) is 14.5. The van der Waals surface area contributed by atoms with Gasteiger partial charge in [0.15, 0.2) is 11.5 Å². The maximum Gasteiger partial charge on any atom is 0.254 e. The smallest absolute Gasteiger partial charge is 0.254 e. The number of aryl methyl sites for hydroxylation is 3. The van der Waals surface area contributed by atoms with E-state index in [1.807, 2.05) is 38.1 Å². The van der Waals surface area contributed by atoms with Crippen molar-refractivity contribution in [1.29, 1.82) is 0 Å². The molecule has 2 aromatic carbocycles. The van der Waals surface area contributed by atoms with Gasteiger partial charge in [-0.1, -0.05) is 18.2 Å². The first-order valence-corrected chi connectivity index (χ1v) is 15.4. The summed E-state index contributed by atoms with van der Waals surface area (Å²) in [6.07, 6.45) is 4.22. The molecule has 40 heavy (non-hydrogen) atoms. The average molecular weight is 561 g/mol. The normalized spacial score (nSPS) is 19.1. The highest BCUT2D eigenvalue weighted by Crippen LogP contribution is 2.39. The summed E-state index contributed by atoms with van der Waals surface area (Å²) in [5, 5.41) is 3.28. The van der Waals surface area contributed by atoms with Crippen molar-refractivity contribution < 1.29 is 14.3 Å². The van der Waals surface area contributed by atoms with Crippen LogP contribution in [0.2, 0.25) is 0 Å². The van der Waals surface area contributed by atoms with Crippen LogP contribution in [0.3, 0.4) is 0 Å². The lowest BCUT2D eigenvalue weighted by molar-refractivity contribution is 0.0170. The van der Waals surface area contributed by atoms with Crippen molar-refractivity contribution in [1.82, 2.24) is 14.8 Å². The van der Waals surface area contributed by atoms with E-state index in [4.69, 9.17) is 14.5 Å². The summed E-state index contributed by atoms with van der Waals surface area (Å²) in [5.74, 6) is 1.83. The van der Waals surface area contributed by atoms with E-state index in [9.17, 15) is 4.79 Å². The van der Waals surface area contributed by atoms with Gasteiger partial charge in [0, 0.05) is 60.5 Å². The Kier molecular flexibility index (Phi) is 7.48. The van der Waals surface area contributed by atoms with Crippen LogP contribution in [0, 0.1) is 20.8 Å². The number of carbonyl (C=O) groups excluding carboxylic acids is 1. The molecule has 3 aliphatic heterocycles. The van der Waals surface area contributed by atoms with Crippen LogP contribution in [0.1, 0.15) is 64.8 Å². The van der Waals surface area contributed by atoms with Crippen molar-refractivity contribution in [2.24, 2.45) is 0 Å². The number of thiazole rings is 1. The zero-order valence-electron chi connectivity index (χ0n) is 24.1. The lowest BCUT2D eigenvalue weighted by Gasteiger charge is -2.50. The van der Waals surface area contributed by atoms with E-state index in [-0.39, 0.29) is 18.2 Å². The van der Waals surface area contributed by atoms with Gasteiger partial charge in [-0.15, -0.1) is 11.3 Å². The summed E-state index contributed by atoms with van der Waals surface area (Å²) in [7, 11) is 0. The molecule has 8 heteroatoms. The van der Waals surface area contributed by atoms with Crippen molar-refractivity contribution in [3.63, 3.8) is 0 Å². The standard InChI is InChI=1S/C32H40N4O3S/c1-22-6-5-7-23(2)30(22)31(37)34-16-12-32(4,13-17-34)35-14-10-26(11-15-35)36(19-25-20-40-24(3)33-25)27-8-9-28-29(18-27)39-21-38-28/h5-9,18,20,26H,10-17,19,21H2,1-4H3. The van der Waals surface area contributed by atoms with Crippen molar-refractivity contribution in [3.05, 3.63) is 69.2 Å². The molecule has 0 bridgehead atoms. The van der Waals surface area contributed by atoms with Crippen LogP contribution in [0.4, 0.5) is 5.69 Å². The van der Waals surface area contributed by atoms with Gasteiger partial charge in [0.1, 0.15) is 0 Å². The molecular formula is C32H40N4O3S. The fraction of sp³-hybridized carbons (Fsp3) is 0.500. The number of nitrogens with zero attached hydrogens (tertiary/aromatic N) is 4. The number of likely N-dealkylation sites (tertiary alicyclic amines) is 2. The highest BCUT2D eigenvalue weighted by atomic mass is 32.1. The number of aromatic nitrogens is 1. The van der Waals surface area contributed by atoms with Crippen LogP contribution in [0.15, 0.2) is 41.8 Å². The van der Waals surface area contributed by atoms with Gasteiger partial charge in [0.05, 0.1) is 17.2 Å². The second-order valence-corrected chi connectivity index (χ2v) is 12.9. The van der Waals surface area contributed by atoms with E-state index >= 15 is 0 Å². The minimum absolute atomic E-state index is 0.123. The minimum atomic E-state index is 0.123. The lowest BCUT2D eigenvalue weighted by atomic mass is 9.85. The Morgan fingerprint density at radius 2 is 1.73 bits per heavy atom. The molecule has 0 radical (unpaired) electrons. The number of fused-ring (bicyclic) bond motifs is 1. The zero-order valence-corrected chi connectivity index (χ0v) is 24.9. The third-order valence-electron chi connectivity index (χ3n) is 9.18. The average Bonchev–Trinajstić information content (AvgIpc) is 3.60. The number of ether oxygens (including phenoxy) is 2. The number of piperidine rings is 2. The Morgan fingerprint density at radius 1 is 1.02 bits per heavy atom. The Hall–Kier alpha value is -3.10. The third-order valence-corrected chi connectivity index (χ3v) is 10.0. The van der Waals surface area contributed by atoms with Crippen LogP contribution in [0.25, 0.3) is 0 Å². The second kappa shape index (κ2) is 11.1. The number of benzene rings is 2. The van der Waals surface area contributed by atoms with Crippen LogP contribution in [-0.4, -0.2) is 65.2 Å². The Morgan fingerprint density at radius 3 is 2.40 bits per heavy atom. The molecule has 4 heterocycles. The van der Waals surface area contributed by atoms with Gasteiger partial charge in [-0.25, -0.2) is 4.98 Å². The molecule has 0 saturated carbocycles. The van der Waals surface area contributed by atoms with Gasteiger partial charge in [0.25, 0.3) is 5.91 Å². The van der Waals surface area contributed by atoms with Gasteiger partial charge < -0.3 is 19.3 Å². The minimum Gasteiger partial charge on any atom is -0.454 e. The summed E-state index contributed by atoms with van der Waals surface area (Å²) in [6, 6.07) is 12.8. The molecule has 3 aromatic rings. The summed E-state index contributed by atoms with van der Waals surface area (Å²) in [4.78, 5) is 25.4. The van der Waals surface area contributed by atoms with E-state index in [2.05, 4.69) is 46.1 Å². The lowest BCUT2D eigenvalue weighted by Crippen LogP contribution is -2.58. The number of carbonyl (C=O) groups is 1. The van der Waals surface area contributed by atoms with Gasteiger partial charge in [-0.2, -0.15) is 0 Å². The van der Waals surface area contributed by atoms with Gasteiger partial charge in [-0.3, -0.25) is 9.69 Å². The molecule has 212 valence electrons. The molecule has 2 fully saturated rings. The zero-order chi connectivity index (χ0) is 27.9. The summed E-state index contributed by atoms with van der Waals surface area (Å²) >= 11 is 1.71. The van der Waals surface area contributed by atoms with Crippen LogP contribution < -0.4 is 14.4 Å². The molecule has 2 saturated heterocycles. The molecule has 0 N–H and O–H groups in total. The fourth-order valence-electron chi connectivity index (χ4n) is 6.69. The van der Waals surface area contributed by atoms with Gasteiger partial charge >= 0.3 is 0 Å². The summed E-state index contributed by atoms with van der Waals surface area (Å²) in [5.41, 5.74) is 5.43. The maximum atomic E-state index is 13.4. The molecule has 3 aliphatic rings. The largest absolute Gasteiger partial charge is 0.454 e. The van der Waals surface area contributed by atoms with Crippen LogP contribution >= 0.6 is 11.3 Å². The van der Waals surface area contributed by atoms with Crippen LogP contribution in [0.5, 0.6) is 11.5 Å². The van der Waals surface area contributed by atoms with E-state index < -0.39 is 0 Å². The number of rotatable bonds is 6. The SMILES string of the molecule is Cc1nc(CN(c2ccc3c(c2)OCO3)C2CCN(C3(C)CCN(C(=O)c4c(C)cccc4C)CC3)CC2)cs1. The molecule has 1 aromatic heterocycles. The molecule has 7 nitrogen and oxygen atoms in total. The summed E-state index contributed by atoms with van der Waals surface area (Å²) < 4.78 is 11.3. The molecule has 0 unspecified atom stereocenters. The van der Waals surface area contributed by atoms with E-state index in [1.165, 1.54) is 0 Å². The summed E-state index contributed by atoms with van der Waals surface area (Å²) in [6.45, 7) is 13.4. The molecule has 0 atom stereocenters. The third kappa shape index (κ3) is 5.31. The molecule has 1 amide bonds. The van der Waals surface area contributed by atoms with Crippen molar-refractivity contribution in [2.45, 2.75) is 71.5 Å². The maximum absolute atomic E-state index is 13.4. The van der Waals surface area contributed by atoms with E-state index in [1.54, 1.807) is 11.3 Å². The van der Waals surface area contributed by atoms with Crippen molar-refractivity contribution in [2.75, 3.05) is 37.9 Å². The number of hydrogen-bond acceptors (Lipinski definition) is 7. The highest BCUT2D eigenvalue weighted by molar-refractivity contribution is 7.09. The Labute approximate surface area is 241 Å². The molecule has 6 rings (SSSR count). The Bertz CT molecular complexity index is 1350. The first-order chi connectivity index (χ1) is 19.3. The van der Waals surface area contributed by atoms with Crippen molar-refractivity contribution in [3.8, 4) is 11.5 Å². The predicted octanol–water partition coefficient (Wildman–Crippen LogP) is 5.96. The molecule has 0 spiro atoms. The monoisotopic (exact) mass is 560 g/mol. The number of amides is 1. The second-order valence-electron chi connectivity index (χ2n) is 11.8. The first kappa shape index (κ1) is 27.1.